The molecule has 0 bridgehead atoms. The lowest BCUT2D eigenvalue weighted by molar-refractivity contribution is 0.0857. The SMILES string of the molecule is CN1CCC(C(=O)c2cccc(NC(=S)Nc3cccnc3)c2)CC1. The number of Topliss-reactive ketones (excluding diaryl/α,β-unsaturated/α-hetero) is 1. The van der Waals surface area contributed by atoms with Crippen molar-refractivity contribution >= 4 is 34.5 Å². The van der Waals surface area contributed by atoms with Gasteiger partial charge in [-0.3, -0.25) is 9.78 Å². The van der Waals surface area contributed by atoms with Crippen LogP contribution in [0.1, 0.15) is 23.2 Å². The second-order valence-electron chi connectivity index (χ2n) is 6.34. The first-order chi connectivity index (χ1) is 12.1. The third-order valence-electron chi connectivity index (χ3n) is 4.41. The van der Waals surface area contributed by atoms with Crippen LogP contribution in [0.5, 0.6) is 0 Å². The van der Waals surface area contributed by atoms with Gasteiger partial charge in [0.15, 0.2) is 10.9 Å². The summed E-state index contributed by atoms with van der Waals surface area (Å²) in [5.74, 6) is 0.342. The second-order valence-corrected chi connectivity index (χ2v) is 6.75. The summed E-state index contributed by atoms with van der Waals surface area (Å²) in [6, 6.07) is 11.3. The van der Waals surface area contributed by atoms with Gasteiger partial charge in [-0.05, 0) is 69.5 Å². The number of carbonyl (C=O) groups excluding carboxylic acids is 1. The molecule has 0 radical (unpaired) electrons. The van der Waals surface area contributed by atoms with Crippen molar-refractivity contribution in [3.63, 3.8) is 0 Å². The van der Waals surface area contributed by atoms with Crippen molar-refractivity contribution in [2.75, 3.05) is 30.8 Å². The van der Waals surface area contributed by atoms with E-state index in [0.717, 1.165) is 42.9 Å². The highest BCUT2D eigenvalue weighted by Gasteiger charge is 2.24. The normalized spacial score (nSPS) is 15.6. The van der Waals surface area contributed by atoms with Crippen molar-refractivity contribution in [2.24, 2.45) is 5.92 Å². The van der Waals surface area contributed by atoms with E-state index in [-0.39, 0.29) is 11.7 Å². The van der Waals surface area contributed by atoms with Crippen molar-refractivity contribution in [3.8, 4) is 0 Å². The number of thiocarbonyl (C=S) groups is 1. The predicted octanol–water partition coefficient (Wildman–Crippen LogP) is 3.42. The standard InChI is InChI=1S/C19H22N4OS/c1-23-10-7-14(8-11-23)18(24)15-4-2-5-16(12-15)21-19(25)22-17-6-3-9-20-13-17/h2-6,9,12-14H,7-8,10-11H2,1H3,(H2,21,22,25). The Morgan fingerprint density at radius 1 is 1.16 bits per heavy atom. The van der Waals surface area contributed by atoms with E-state index in [0.29, 0.717) is 5.11 Å². The minimum Gasteiger partial charge on any atom is -0.332 e. The van der Waals surface area contributed by atoms with Gasteiger partial charge in [-0.1, -0.05) is 12.1 Å². The molecule has 6 heteroatoms. The molecule has 2 heterocycles. The minimum atomic E-state index is 0.118. The zero-order valence-electron chi connectivity index (χ0n) is 14.2. The third kappa shape index (κ3) is 4.84. The van der Waals surface area contributed by atoms with E-state index in [1.807, 2.05) is 36.4 Å². The molecule has 0 spiro atoms. The number of likely N-dealkylation sites (tertiary alicyclic amines) is 1. The number of aromatic nitrogens is 1. The summed E-state index contributed by atoms with van der Waals surface area (Å²) in [6.07, 6.45) is 5.26. The summed E-state index contributed by atoms with van der Waals surface area (Å²) in [6.45, 7) is 1.96. The van der Waals surface area contributed by atoms with Gasteiger partial charge in [-0.25, -0.2) is 0 Å². The van der Waals surface area contributed by atoms with Gasteiger partial charge in [0, 0.05) is 23.4 Å². The van der Waals surface area contributed by atoms with E-state index in [1.54, 1.807) is 12.4 Å². The van der Waals surface area contributed by atoms with Gasteiger partial charge >= 0.3 is 0 Å². The topological polar surface area (TPSA) is 57.3 Å². The van der Waals surface area contributed by atoms with Crippen LogP contribution in [-0.4, -0.2) is 40.9 Å². The Balaban J connectivity index is 1.63. The quantitative estimate of drug-likeness (QED) is 0.648. The maximum absolute atomic E-state index is 12.7. The molecule has 1 aromatic carbocycles. The van der Waals surface area contributed by atoms with E-state index in [1.165, 1.54) is 0 Å². The molecule has 1 aliphatic rings. The molecule has 1 fully saturated rings. The third-order valence-corrected chi connectivity index (χ3v) is 4.62. The van der Waals surface area contributed by atoms with Crippen molar-refractivity contribution in [3.05, 3.63) is 54.4 Å². The molecular weight excluding hydrogens is 332 g/mol. The molecule has 0 unspecified atom stereocenters. The first-order valence-corrected chi connectivity index (χ1v) is 8.83. The van der Waals surface area contributed by atoms with E-state index >= 15 is 0 Å². The average Bonchev–Trinajstić information content (AvgIpc) is 2.63. The maximum atomic E-state index is 12.7. The molecular formula is C19H22N4OS. The summed E-state index contributed by atoms with van der Waals surface area (Å²) < 4.78 is 0. The molecule has 2 aromatic rings. The van der Waals surface area contributed by atoms with Gasteiger partial charge in [0.05, 0.1) is 11.9 Å². The predicted molar refractivity (Wildman–Crippen MR) is 105 cm³/mol. The van der Waals surface area contributed by atoms with Crippen LogP contribution in [0.4, 0.5) is 11.4 Å². The van der Waals surface area contributed by atoms with Gasteiger partial charge in [0.1, 0.15) is 0 Å². The zero-order chi connectivity index (χ0) is 17.6. The van der Waals surface area contributed by atoms with Crippen LogP contribution in [0.2, 0.25) is 0 Å². The Hall–Kier alpha value is -2.31. The summed E-state index contributed by atoms with van der Waals surface area (Å²) in [5, 5.41) is 6.67. The van der Waals surface area contributed by atoms with Crippen LogP contribution in [-0.2, 0) is 0 Å². The maximum Gasteiger partial charge on any atom is 0.175 e. The molecule has 5 nitrogen and oxygen atoms in total. The van der Waals surface area contributed by atoms with Crippen LogP contribution in [0, 0.1) is 5.92 Å². The summed E-state index contributed by atoms with van der Waals surface area (Å²) in [4.78, 5) is 19.0. The van der Waals surface area contributed by atoms with E-state index in [9.17, 15) is 4.79 Å². The summed E-state index contributed by atoms with van der Waals surface area (Å²) in [5.41, 5.74) is 2.36. The lowest BCUT2D eigenvalue weighted by Gasteiger charge is -2.28. The molecule has 0 aliphatic carbocycles. The Morgan fingerprint density at radius 3 is 2.60 bits per heavy atom. The Morgan fingerprint density at radius 2 is 1.88 bits per heavy atom. The van der Waals surface area contributed by atoms with Crippen LogP contribution >= 0.6 is 12.2 Å². The Labute approximate surface area is 153 Å². The molecule has 130 valence electrons. The molecule has 0 saturated carbocycles. The fraction of sp³-hybridized carbons (Fsp3) is 0.316. The molecule has 0 amide bonds. The molecule has 1 aromatic heterocycles. The van der Waals surface area contributed by atoms with E-state index in [2.05, 4.69) is 27.6 Å². The Kier molecular flexibility index (Phi) is 5.73. The van der Waals surface area contributed by atoms with E-state index in [4.69, 9.17) is 12.2 Å². The number of benzene rings is 1. The number of pyridine rings is 1. The monoisotopic (exact) mass is 354 g/mol. The second kappa shape index (κ2) is 8.18. The number of carbonyl (C=O) groups is 1. The van der Waals surface area contributed by atoms with Crippen molar-refractivity contribution in [1.82, 2.24) is 9.88 Å². The molecule has 0 atom stereocenters. The first kappa shape index (κ1) is 17.5. The van der Waals surface area contributed by atoms with Crippen molar-refractivity contribution < 1.29 is 4.79 Å². The Bertz CT molecular complexity index is 742. The largest absolute Gasteiger partial charge is 0.332 e. The molecule has 1 aliphatic heterocycles. The zero-order valence-corrected chi connectivity index (χ0v) is 15.1. The molecule has 2 N–H and O–H groups in total. The van der Waals surface area contributed by atoms with Crippen LogP contribution in [0.3, 0.4) is 0 Å². The highest BCUT2D eigenvalue weighted by molar-refractivity contribution is 7.80. The molecule has 25 heavy (non-hydrogen) atoms. The van der Waals surface area contributed by atoms with Crippen LogP contribution in [0.25, 0.3) is 0 Å². The number of hydrogen-bond donors (Lipinski definition) is 2. The van der Waals surface area contributed by atoms with Crippen LogP contribution in [0.15, 0.2) is 48.8 Å². The lowest BCUT2D eigenvalue weighted by Crippen LogP contribution is -2.33. The van der Waals surface area contributed by atoms with Crippen molar-refractivity contribution in [1.29, 1.82) is 0 Å². The van der Waals surface area contributed by atoms with Gasteiger partial charge in [-0.2, -0.15) is 0 Å². The number of hydrogen-bond acceptors (Lipinski definition) is 4. The number of nitrogens with one attached hydrogen (secondary N) is 2. The minimum absolute atomic E-state index is 0.118. The fourth-order valence-electron chi connectivity index (χ4n) is 2.99. The van der Waals surface area contributed by atoms with Gasteiger partial charge < -0.3 is 15.5 Å². The number of ketones is 1. The van der Waals surface area contributed by atoms with Crippen molar-refractivity contribution in [2.45, 2.75) is 12.8 Å². The number of rotatable bonds is 4. The average molecular weight is 354 g/mol. The summed E-state index contributed by atoms with van der Waals surface area (Å²) in [7, 11) is 2.10. The van der Waals surface area contributed by atoms with Gasteiger partial charge in [0.25, 0.3) is 0 Å². The summed E-state index contributed by atoms with van der Waals surface area (Å²) >= 11 is 5.32. The fourth-order valence-corrected chi connectivity index (χ4v) is 3.22. The smallest absolute Gasteiger partial charge is 0.175 e. The number of nitrogens with zero attached hydrogens (tertiary/aromatic N) is 2. The number of anilines is 2. The molecule has 3 rings (SSSR count). The first-order valence-electron chi connectivity index (χ1n) is 8.42. The van der Waals surface area contributed by atoms with E-state index < -0.39 is 0 Å². The van der Waals surface area contributed by atoms with Gasteiger partial charge in [-0.15, -0.1) is 0 Å². The van der Waals surface area contributed by atoms with Crippen LogP contribution < -0.4 is 10.6 Å². The molecule has 1 saturated heterocycles. The highest BCUT2D eigenvalue weighted by atomic mass is 32.1. The lowest BCUT2D eigenvalue weighted by atomic mass is 9.89. The highest BCUT2D eigenvalue weighted by Crippen LogP contribution is 2.22. The number of piperidine rings is 1. The van der Waals surface area contributed by atoms with Gasteiger partial charge in [0.2, 0.25) is 0 Å².